The topological polar surface area (TPSA) is 93.5 Å². The van der Waals surface area contributed by atoms with Gasteiger partial charge in [0, 0.05) is 6.07 Å². The third-order valence-electron chi connectivity index (χ3n) is 1.55. The van der Waals surface area contributed by atoms with Gasteiger partial charge >= 0.3 is 6.36 Å². The molecule has 0 aliphatic heterocycles. The highest BCUT2D eigenvalue weighted by atomic mass is 19.4. The summed E-state index contributed by atoms with van der Waals surface area (Å²) in [5.41, 5.74) is -1.54. The van der Waals surface area contributed by atoms with Crippen LogP contribution in [-0.2, 0) is 0 Å². The monoisotopic (exact) mass is 238 g/mol. The van der Waals surface area contributed by atoms with Crippen molar-refractivity contribution in [3.63, 3.8) is 0 Å². The summed E-state index contributed by atoms with van der Waals surface area (Å²) in [6.07, 6.45) is -5.01. The van der Waals surface area contributed by atoms with E-state index in [0.29, 0.717) is 6.07 Å². The molecular weight excluding hydrogens is 237 g/mol. The number of rotatable bonds is 1. The Kier molecular flexibility index (Phi) is 3.16. The molecule has 0 saturated carbocycles. The van der Waals surface area contributed by atoms with Gasteiger partial charge < -0.3 is 4.74 Å². The fraction of sp³-hybridized carbons (Fsp3) is 0.111. The third kappa shape index (κ3) is 2.83. The quantitative estimate of drug-likeness (QED) is 0.740. The molecule has 0 atom stereocenters. The van der Waals surface area contributed by atoms with Gasteiger partial charge in [-0.15, -0.1) is 13.2 Å². The Labute approximate surface area is 92.9 Å². The summed E-state index contributed by atoms with van der Waals surface area (Å²) in [5.74, 6) is -0.907. The van der Waals surface area contributed by atoms with Crippen LogP contribution in [0, 0.1) is 34.0 Å². The van der Waals surface area contributed by atoms with Crippen LogP contribution in [0.25, 0.3) is 0 Å². The van der Waals surface area contributed by atoms with Gasteiger partial charge in [-0.1, -0.05) is 0 Å². The van der Waals surface area contributed by atoms with E-state index in [4.69, 9.17) is 15.8 Å². The Morgan fingerprint density at radius 3 is 2.06 bits per heavy atom. The van der Waals surface area contributed by atoms with Crippen LogP contribution in [0.5, 0.6) is 5.75 Å². The van der Waals surface area contributed by atoms with Gasteiger partial charge in [-0.05, 0) is 0 Å². The molecule has 0 N–H and O–H groups in total. The maximum Gasteiger partial charge on any atom is 0.573 e. The summed E-state index contributed by atoms with van der Waals surface area (Å²) < 4.78 is 39.4. The lowest BCUT2D eigenvalue weighted by Crippen LogP contribution is -2.18. The summed E-state index contributed by atoms with van der Waals surface area (Å²) in [4.78, 5) is 3.29. The zero-order chi connectivity index (χ0) is 13.1. The molecule has 1 rings (SSSR count). The number of pyridine rings is 1. The second-order valence-electron chi connectivity index (χ2n) is 2.61. The van der Waals surface area contributed by atoms with Crippen LogP contribution in [0.3, 0.4) is 0 Å². The third-order valence-corrected chi connectivity index (χ3v) is 1.55. The van der Waals surface area contributed by atoms with E-state index in [2.05, 4.69) is 9.72 Å². The van der Waals surface area contributed by atoms with Crippen LogP contribution in [0.4, 0.5) is 13.2 Å². The predicted molar refractivity (Wildman–Crippen MR) is 45.1 cm³/mol. The van der Waals surface area contributed by atoms with Gasteiger partial charge in [-0.25, -0.2) is 4.98 Å². The van der Waals surface area contributed by atoms with Crippen molar-refractivity contribution in [2.24, 2.45) is 0 Å². The minimum atomic E-state index is -5.01. The number of hydrogen-bond acceptors (Lipinski definition) is 5. The summed E-state index contributed by atoms with van der Waals surface area (Å²) in [6.45, 7) is 0. The first-order valence-electron chi connectivity index (χ1n) is 3.92. The van der Waals surface area contributed by atoms with Gasteiger partial charge in [0.15, 0.2) is 17.1 Å². The van der Waals surface area contributed by atoms with E-state index in [9.17, 15) is 13.2 Å². The van der Waals surface area contributed by atoms with Crippen molar-refractivity contribution in [3.05, 3.63) is 23.0 Å². The lowest BCUT2D eigenvalue weighted by Gasteiger charge is -2.09. The molecule has 5 nitrogen and oxygen atoms in total. The summed E-state index contributed by atoms with van der Waals surface area (Å²) >= 11 is 0. The first-order valence-corrected chi connectivity index (χ1v) is 3.92. The second kappa shape index (κ2) is 4.38. The second-order valence-corrected chi connectivity index (χ2v) is 2.61. The lowest BCUT2D eigenvalue weighted by molar-refractivity contribution is -0.274. The van der Waals surface area contributed by atoms with Crippen molar-refractivity contribution in [2.45, 2.75) is 6.36 Å². The van der Waals surface area contributed by atoms with Crippen molar-refractivity contribution >= 4 is 0 Å². The molecule has 0 aromatic carbocycles. The highest BCUT2D eigenvalue weighted by molar-refractivity contribution is 5.50. The predicted octanol–water partition coefficient (Wildman–Crippen LogP) is 1.60. The van der Waals surface area contributed by atoms with E-state index in [0.717, 1.165) is 0 Å². The maximum absolute atomic E-state index is 12.0. The summed E-state index contributed by atoms with van der Waals surface area (Å²) in [6, 6.07) is 4.97. The first kappa shape index (κ1) is 12.3. The number of nitrogens with zero attached hydrogens (tertiary/aromatic N) is 4. The molecule has 17 heavy (non-hydrogen) atoms. The zero-order valence-corrected chi connectivity index (χ0v) is 7.91. The van der Waals surface area contributed by atoms with Gasteiger partial charge in [-0.3, -0.25) is 0 Å². The molecule has 0 amide bonds. The molecule has 1 aromatic rings. The van der Waals surface area contributed by atoms with Gasteiger partial charge in [-0.2, -0.15) is 15.8 Å². The van der Waals surface area contributed by atoms with Crippen molar-refractivity contribution in [1.82, 2.24) is 4.98 Å². The number of alkyl halides is 3. The van der Waals surface area contributed by atoms with Gasteiger partial charge in [0.05, 0.1) is 5.56 Å². The molecule has 0 saturated heterocycles. The van der Waals surface area contributed by atoms with E-state index in [1.807, 2.05) is 0 Å². The number of halogens is 3. The summed E-state index contributed by atoms with van der Waals surface area (Å²) in [5, 5.41) is 25.7. The standard InChI is InChI=1S/C9HF3N4O/c10-9(11,12)17-8-1-5(2-13)6(3-14)16-7(8)4-15/h1H. The van der Waals surface area contributed by atoms with Crippen molar-refractivity contribution in [3.8, 4) is 24.0 Å². The van der Waals surface area contributed by atoms with Crippen molar-refractivity contribution in [1.29, 1.82) is 15.8 Å². The average Bonchev–Trinajstić information content (AvgIpc) is 2.26. The van der Waals surface area contributed by atoms with Gasteiger partial charge in [0.25, 0.3) is 0 Å². The van der Waals surface area contributed by atoms with Crippen LogP contribution < -0.4 is 4.74 Å². The highest BCUT2D eigenvalue weighted by Gasteiger charge is 2.33. The SMILES string of the molecule is N#Cc1cc(OC(F)(F)F)c(C#N)nc1C#N. The van der Waals surface area contributed by atoms with Crippen LogP contribution in [0.2, 0.25) is 0 Å². The molecular formula is C9HF3N4O. The maximum atomic E-state index is 12.0. The van der Waals surface area contributed by atoms with E-state index in [-0.39, 0.29) is 0 Å². The average molecular weight is 238 g/mol. The van der Waals surface area contributed by atoms with Crippen LogP contribution in [0.1, 0.15) is 17.0 Å². The number of aromatic nitrogens is 1. The number of hydrogen-bond donors (Lipinski definition) is 0. The molecule has 1 heterocycles. The molecule has 0 fully saturated rings. The fourth-order valence-electron chi connectivity index (χ4n) is 0.948. The largest absolute Gasteiger partial charge is 0.573 e. The van der Waals surface area contributed by atoms with Crippen LogP contribution in [0.15, 0.2) is 6.07 Å². The normalized spacial score (nSPS) is 9.88. The first-order chi connectivity index (χ1) is 7.91. The molecule has 0 bridgehead atoms. The minimum Gasteiger partial charge on any atom is -0.403 e. The Bertz CT molecular complexity index is 574. The molecule has 84 valence electrons. The van der Waals surface area contributed by atoms with Crippen LogP contribution >= 0.6 is 0 Å². The summed E-state index contributed by atoms with van der Waals surface area (Å²) in [7, 11) is 0. The van der Waals surface area contributed by atoms with E-state index < -0.39 is 29.1 Å². The molecule has 0 radical (unpaired) electrons. The highest BCUT2D eigenvalue weighted by Crippen LogP contribution is 2.26. The Morgan fingerprint density at radius 2 is 1.65 bits per heavy atom. The Balaban J connectivity index is 3.38. The van der Waals surface area contributed by atoms with E-state index in [1.54, 1.807) is 0 Å². The van der Waals surface area contributed by atoms with E-state index >= 15 is 0 Å². The zero-order valence-electron chi connectivity index (χ0n) is 7.91. The Hall–Kier alpha value is -2.79. The van der Waals surface area contributed by atoms with Crippen molar-refractivity contribution in [2.75, 3.05) is 0 Å². The fourth-order valence-corrected chi connectivity index (χ4v) is 0.948. The molecule has 0 aliphatic carbocycles. The molecule has 0 spiro atoms. The molecule has 1 aromatic heterocycles. The van der Waals surface area contributed by atoms with Gasteiger partial charge in [0.1, 0.15) is 18.2 Å². The number of nitriles is 3. The lowest BCUT2D eigenvalue weighted by atomic mass is 10.2. The number of ether oxygens (including phenoxy) is 1. The van der Waals surface area contributed by atoms with Crippen LogP contribution in [-0.4, -0.2) is 11.3 Å². The van der Waals surface area contributed by atoms with Gasteiger partial charge in [0.2, 0.25) is 0 Å². The Morgan fingerprint density at radius 1 is 1.06 bits per heavy atom. The van der Waals surface area contributed by atoms with Crippen molar-refractivity contribution < 1.29 is 17.9 Å². The molecule has 8 heteroatoms. The van der Waals surface area contributed by atoms with E-state index in [1.165, 1.54) is 18.2 Å². The minimum absolute atomic E-state index is 0.397. The smallest absolute Gasteiger partial charge is 0.403 e. The molecule has 0 unspecified atom stereocenters. The molecule has 0 aliphatic rings.